The zero-order valence-electron chi connectivity index (χ0n) is 11.2. The van der Waals surface area contributed by atoms with E-state index in [0.29, 0.717) is 12.2 Å². The van der Waals surface area contributed by atoms with E-state index in [0.717, 1.165) is 18.1 Å². The molecule has 1 aliphatic carbocycles. The van der Waals surface area contributed by atoms with Crippen LogP contribution in [0.15, 0.2) is 24.3 Å². The minimum absolute atomic E-state index is 0.269. The molecule has 0 radical (unpaired) electrons. The Balaban J connectivity index is 1.75. The van der Waals surface area contributed by atoms with Crippen LogP contribution in [-0.2, 0) is 11.3 Å². The second-order valence-corrected chi connectivity index (χ2v) is 5.19. The molecule has 2 rings (SSSR count). The van der Waals surface area contributed by atoms with E-state index in [1.54, 1.807) is 12.1 Å². The van der Waals surface area contributed by atoms with Crippen LogP contribution in [0, 0.1) is 5.92 Å². The minimum atomic E-state index is -0.269. The summed E-state index contributed by atoms with van der Waals surface area (Å²) in [5.74, 6) is 5.54. The lowest BCUT2D eigenvalue weighted by Crippen LogP contribution is -2.29. The van der Waals surface area contributed by atoms with Gasteiger partial charge >= 0.3 is 0 Å². The Bertz CT molecular complexity index is 397. The summed E-state index contributed by atoms with van der Waals surface area (Å²) in [4.78, 5) is 11.3. The standard InChI is InChI=1S/C15H22N2O2/c16-17-15(18)14-8-6-13(7-9-14)11-19-10-12-4-2-1-3-5-12/h6-9,12H,1-5,10-11,16H2,(H,17,18). The molecule has 1 aromatic carbocycles. The van der Waals surface area contributed by atoms with Crippen LogP contribution in [0.4, 0.5) is 0 Å². The van der Waals surface area contributed by atoms with E-state index in [4.69, 9.17) is 10.6 Å². The van der Waals surface area contributed by atoms with E-state index in [2.05, 4.69) is 5.43 Å². The zero-order chi connectivity index (χ0) is 13.5. The van der Waals surface area contributed by atoms with Gasteiger partial charge in [-0.15, -0.1) is 0 Å². The number of nitrogens with one attached hydrogen (secondary N) is 1. The van der Waals surface area contributed by atoms with Gasteiger partial charge in [-0.3, -0.25) is 10.2 Å². The molecule has 19 heavy (non-hydrogen) atoms. The molecule has 0 bridgehead atoms. The number of amides is 1. The van der Waals surface area contributed by atoms with Gasteiger partial charge in [-0.25, -0.2) is 5.84 Å². The lowest BCUT2D eigenvalue weighted by atomic mass is 9.90. The lowest BCUT2D eigenvalue weighted by Gasteiger charge is -2.21. The van der Waals surface area contributed by atoms with Crippen LogP contribution in [0.1, 0.15) is 48.0 Å². The molecular weight excluding hydrogens is 240 g/mol. The van der Waals surface area contributed by atoms with Crippen LogP contribution in [0.3, 0.4) is 0 Å². The summed E-state index contributed by atoms with van der Waals surface area (Å²) in [7, 11) is 0. The predicted molar refractivity (Wildman–Crippen MR) is 74.3 cm³/mol. The van der Waals surface area contributed by atoms with Gasteiger partial charge in [-0.05, 0) is 36.5 Å². The first-order chi connectivity index (χ1) is 9.29. The Hall–Kier alpha value is -1.39. The predicted octanol–water partition coefficient (Wildman–Crippen LogP) is 2.39. The van der Waals surface area contributed by atoms with Gasteiger partial charge in [0.1, 0.15) is 0 Å². The van der Waals surface area contributed by atoms with E-state index in [1.165, 1.54) is 32.1 Å². The van der Waals surface area contributed by atoms with E-state index >= 15 is 0 Å². The molecule has 1 saturated carbocycles. The summed E-state index contributed by atoms with van der Waals surface area (Å²) in [6.07, 6.45) is 6.67. The number of ether oxygens (including phenoxy) is 1. The van der Waals surface area contributed by atoms with Gasteiger partial charge in [0.25, 0.3) is 5.91 Å². The highest BCUT2D eigenvalue weighted by atomic mass is 16.5. The van der Waals surface area contributed by atoms with E-state index in [-0.39, 0.29) is 5.91 Å². The van der Waals surface area contributed by atoms with Crippen LogP contribution < -0.4 is 11.3 Å². The van der Waals surface area contributed by atoms with Gasteiger partial charge in [0.15, 0.2) is 0 Å². The number of nitrogen functional groups attached to an aromatic ring is 1. The van der Waals surface area contributed by atoms with E-state index in [1.807, 2.05) is 12.1 Å². The number of benzene rings is 1. The maximum atomic E-state index is 11.3. The van der Waals surface area contributed by atoms with E-state index < -0.39 is 0 Å². The molecule has 0 atom stereocenters. The molecule has 1 amide bonds. The lowest BCUT2D eigenvalue weighted by molar-refractivity contribution is 0.0739. The van der Waals surface area contributed by atoms with Gasteiger partial charge in [0.2, 0.25) is 0 Å². The number of rotatable bonds is 5. The maximum Gasteiger partial charge on any atom is 0.265 e. The molecule has 1 aromatic rings. The average Bonchev–Trinajstić information content (AvgIpc) is 2.48. The molecule has 104 valence electrons. The number of hydrogen-bond donors (Lipinski definition) is 2. The molecule has 0 aromatic heterocycles. The quantitative estimate of drug-likeness (QED) is 0.486. The third-order valence-electron chi connectivity index (χ3n) is 3.69. The van der Waals surface area contributed by atoms with Crippen LogP contribution >= 0.6 is 0 Å². The number of nitrogens with two attached hydrogens (primary N) is 1. The highest BCUT2D eigenvalue weighted by Gasteiger charge is 2.13. The third kappa shape index (κ3) is 4.33. The first kappa shape index (κ1) is 14.0. The van der Waals surface area contributed by atoms with Gasteiger partial charge < -0.3 is 4.74 Å². The van der Waals surface area contributed by atoms with Crippen molar-refractivity contribution in [1.82, 2.24) is 5.43 Å². The monoisotopic (exact) mass is 262 g/mol. The molecule has 4 heteroatoms. The summed E-state index contributed by atoms with van der Waals surface area (Å²) >= 11 is 0. The molecule has 0 saturated heterocycles. The fourth-order valence-electron chi connectivity index (χ4n) is 2.53. The topological polar surface area (TPSA) is 64.3 Å². The minimum Gasteiger partial charge on any atom is -0.376 e. The van der Waals surface area contributed by atoms with Gasteiger partial charge in [0.05, 0.1) is 6.61 Å². The Morgan fingerprint density at radius 3 is 2.53 bits per heavy atom. The number of carbonyl (C=O) groups is 1. The summed E-state index contributed by atoms with van der Waals surface area (Å²) in [6.45, 7) is 1.46. The highest BCUT2D eigenvalue weighted by Crippen LogP contribution is 2.23. The van der Waals surface area contributed by atoms with Crippen LogP contribution in [-0.4, -0.2) is 12.5 Å². The van der Waals surface area contributed by atoms with Crippen molar-refractivity contribution in [3.63, 3.8) is 0 Å². The number of hydrazine groups is 1. The normalized spacial score (nSPS) is 16.3. The van der Waals surface area contributed by atoms with Crippen molar-refractivity contribution in [2.75, 3.05) is 6.61 Å². The van der Waals surface area contributed by atoms with Crippen LogP contribution in [0.5, 0.6) is 0 Å². The smallest absolute Gasteiger partial charge is 0.265 e. The largest absolute Gasteiger partial charge is 0.376 e. The fourth-order valence-corrected chi connectivity index (χ4v) is 2.53. The molecular formula is C15H22N2O2. The first-order valence-corrected chi connectivity index (χ1v) is 6.97. The van der Waals surface area contributed by atoms with Crippen molar-refractivity contribution in [1.29, 1.82) is 0 Å². The summed E-state index contributed by atoms with van der Waals surface area (Å²) in [6, 6.07) is 7.35. The molecule has 0 heterocycles. The Morgan fingerprint density at radius 2 is 1.89 bits per heavy atom. The van der Waals surface area contributed by atoms with Crippen molar-refractivity contribution in [3.05, 3.63) is 35.4 Å². The van der Waals surface area contributed by atoms with Gasteiger partial charge in [0, 0.05) is 12.2 Å². The first-order valence-electron chi connectivity index (χ1n) is 6.97. The number of carbonyl (C=O) groups excluding carboxylic acids is 1. The van der Waals surface area contributed by atoms with Crippen molar-refractivity contribution < 1.29 is 9.53 Å². The molecule has 1 fully saturated rings. The molecule has 0 spiro atoms. The Labute approximate surface area is 114 Å². The SMILES string of the molecule is NNC(=O)c1ccc(COCC2CCCCC2)cc1. The Morgan fingerprint density at radius 1 is 1.21 bits per heavy atom. The van der Waals surface area contributed by atoms with Crippen molar-refractivity contribution in [2.24, 2.45) is 11.8 Å². The second kappa shape index (κ2) is 7.26. The summed E-state index contributed by atoms with van der Waals surface area (Å²) in [5.41, 5.74) is 3.77. The summed E-state index contributed by atoms with van der Waals surface area (Å²) < 4.78 is 5.76. The zero-order valence-corrected chi connectivity index (χ0v) is 11.2. The fraction of sp³-hybridized carbons (Fsp3) is 0.533. The van der Waals surface area contributed by atoms with Crippen molar-refractivity contribution in [3.8, 4) is 0 Å². The molecule has 0 aliphatic heterocycles. The summed E-state index contributed by atoms with van der Waals surface area (Å²) in [5, 5.41) is 0. The Kier molecular flexibility index (Phi) is 5.36. The molecule has 3 N–H and O–H groups in total. The third-order valence-corrected chi connectivity index (χ3v) is 3.69. The molecule has 1 aliphatic rings. The van der Waals surface area contributed by atoms with Crippen molar-refractivity contribution in [2.45, 2.75) is 38.7 Å². The second-order valence-electron chi connectivity index (χ2n) is 5.19. The van der Waals surface area contributed by atoms with Crippen molar-refractivity contribution >= 4 is 5.91 Å². The van der Waals surface area contributed by atoms with Gasteiger partial charge in [-0.1, -0.05) is 31.4 Å². The highest BCUT2D eigenvalue weighted by molar-refractivity contribution is 5.93. The number of hydrogen-bond acceptors (Lipinski definition) is 3. The van der Waals surface area contributed by atoms with Gasteiger partial charge in [-0.2, -0.15) is 0 Å². The van der Waals surface area contributed by atoms with Crippen LogP contribution in [0.2, 0.25) is 0 Å². The molecule has 4 nitrogen and oxygen atoms in total. The average molecular weight is 262 g/mol. The maximum absolute atomic E-state index is 11.3. The van der Waals surface area contributed by atoms with E-state index in [9.17, 15) is 4.79 Å². The van der Waals surface area contributed by atoms with Crippen LogP contribution in [0.25, 0.3) is 0 Å². The molecule has 0 unspecified atom stereocenters.